The van der Waals surface area contributed by atoms with Crippen LogP contribution in [0, 0.1) is 10.1 Å². The summed E-state index contributed by atoms with van der Waals surface area (Å²) in [5.41, 5.74) is 8.31. The third-order valence-electron chi connectivity index (χ3n) is 2.69. The molecule has 2 aromatic rings. The van der Waals surface area contributed by atoms with Gasteiger partial charge < -0.3 is 10.8 Å². The number of hydrogen-bond acceptors (Lipinski definition) is 6. The molecule has 0 fully saturated rings. The van der Waals surface area contributed by atoms with Crippen LogP contribution in [0.5, 0.6) is 5.75 Å². The van der Waals surface area contributed by atoms with E-state index in [-0.39, 0.29) is 22.7 Å². The van der Waals surface area contributed by atoms with Crippen molar-refractivity contribution < 1.29 is 14.8 Å². The van der Waals surface area contributed by atoms with Crippen molar-refractivity contribution in [3.63, 3.8) is 0 Å². The number of amides is 1. The summed E-state index contributed by atoms with van der Waals surface area (Å²) in [4.78, 5) is 22.0. The van der Waals surface area contributed by atoms with E-state index in [1.54, 1.807) is 12.1 Å². The molecule has 0 atom stereocenters. The molecule has 0 heterocycles. The fourth-order valence-electron chi connectivity index (χ4n) is 1.66. The first kappa shape index (κ1) is 15.0. The van der Waals surface area contributed by atoms with Gasteiger partial charge in [-0.05, 0) is 35.9 Å². The Hall–Kier alpha value is -3.42. The van der Waals surface area contributed by atoms with Crippen molar-refractivity contribution in [3.05, 3.63) is 63.7 Å². The monoisotopic (exact) mass is 300 g/mol. The second-order valence-electron chi connectivity index (χ2n) is 4.36. The highest BCUT2D eigenvalue weighted by molar-refractivity contribution is 5.96. The van der Waals surface area contributed by atoms with Crippen LogP contribution in [0.25, 0.3) is 0 Å². The molecule has 0 aliphatic carbocycles. The number of hydrogen-bond donors (Lipinski definition) is 3. The van der Waals surface area contributed by atoms with Crippen LogP contribution in [0.2, 0.25) is 0 Å². The maximum Gasteiger partial charge on any atom is 0.272 e. The molecule has 8 heteroatoms. The van der Waals surface area contributed by atoms with E-state index in [0.29, 0.717) is 5.56 Å². The molecule has 0 bridgehead atoms. The quantitative estimate of drug-likeness (QED) is 0.342. The van der Waals surface area contributed by atoms with E-state index >= 15 is 0 Å². The third kappa shape index (κ3) is 3.79. The van der Waals surface area contributed by atoms with Gasteiger partial charge in [0.25, 0.3) is 11.6 Å². The number of hydrazone groups is 1. The highest BCUT2D eigenvalue weighted by Gasteiger charge is 2.13. The van der Waals surface area contributed by atoms with Crippen LogP contribution in [0.1, 0.15) is 15.9 Å². The normalized spacial score (nSPS) is 10.5. The molecule has 0 unspecified atom stereocenters. The van der Waals surface area contributed by atoms with Gasteiger partial charge in [-0.1, -0.05) is 0 Å². The van der Waals surface area contributed by atoms with Crippen molar-refractivity contribution in [1.29, 1.82) is 0 Å². The van der Waals surface area contributed by atoms with Gasteiger partial charge in [0.05, 0.1) is 16.7 Å². The minimum absolute atomic E-state index is 0.0366. The van der Waals surface area contributed by atoms with E-state index in [9.17, 15) is 14.9 Å². The van der Waals surface area contributed by atoms with Gasteiger partial charge >= 0.3 is 0 Å². The highest BCUT2D eigenvalue weighted by atomic mass is 16.6. The Morgan fingerprint density at radius 1 is 1.27 bits per heavy atom. The summed E-state index contributed by atoms with van der Waals surface area (Å²) >= 11 is 0. The Kier molecular flexibility index (Phi) is 4.33. The zero-order chi connectivity index (χ0) is 16.1. The number of nitro groups is 1. The summed E-state index contributed by atoms with van der Waals surface area (Å²) in [5.74, 6) is -0.501. The van der Waals surface area contributed by atoms with Crippen LogP contribution in [-0.4, -0.2) is 22.2 Å². The number of anilines is 1. The SMILES string of the molecule is Nc1cc(C(=O)NN=Cc2ccc(O)cc2)cc([N+](=O)[O-])c1. The molecule has 0 aliphatic rings. The van der Waals surface area contributed by atoms with Gasteiger partial charge in [0, 0.05) is 17.8 Å². The molecule has 0 saturated carbocycles. The van der Waals surface area contributed by atoms with Crippen LogP contribution in [0.15, 0.2) is 47.6 Å². The molecule has 0 saturated heterocycles. The number of phenols is 1. The van der Waals surface area contributed by atoms with Gasteiger partial charge in [0.1, 0.15) is 5.75 Å². The number of nitrogens with two attached hydrogens (primary N) is 1. The molecular formula is C14H12N4O4. The molecule has 0 spiro atoms. The Labute approximate surface area is 125 Å². The minimum atomic E-state index is -0.632. The molecule has 0 aliphatic heterocycles. The lowest BCUT2D eigenvalue weighted by atomic mass is 10.1. The number of nitrogens with one attached hydrogen (secondary N) is 1. The summed E-state index contributed by atoms with van der Waals surface area (Å²) in [7, 11) is 0. The second kappa shape index (κ2) is 6.35. The van der Waals surface area contributed by atoms with E-state index < -0.39 is 10.8 Å². The smallest absolute Gasteiger partial charge is 0.272 e. The van der Waals surface area contributed by atoms with E-state index in [2.05, 4.69) is 10.5 Å². The van der Waals surface area contributed by atoms with Gasteiger partial charge in [0.15, 0.2) is 0 Å². The van der Waals surface area contributed by atoms with Crippen LogP contribution >= 0.6 is 0 Å². The topological polar surface area (TPSA) is 131 Å². The van der Waals surface area contributed by atoms with Crippen molar-refractivity contribution in [3.8, 4) is 5.75 Å². The summed E-state index contributed by atoms with van der Waals surface area (Å²) in [5, 5.41) is 23.6. The third-order valence-corrected chi connectivity index (χ3v) is 2.69. The zero-order valence-corrected chi connectivity index (χ0v) is 11.3. The zero-order valence-electron chi connectivity index (χ0n) is 11.3. The lowest BCUT2D eigenvalue weighted by Crippen LogP contribution is -2.18. The van der Waals surface area contributed by atoms with Crippen LogP contribution in [0.4, 0.5) is 11.4 Å². The van der Waals surface area contributed by atoms with E-state index in [4.69, 9.17) is 10.8 Å². The molecular weight excluding hydrogens is 288 g/mol. The molecule has 8 nitrogen and oxygen atoms in total. The predicted octanol–water partition coefficient (Wildman–Crippen LogP) is 1.65. The summed E-state index contributed by atoms with van der Waals surface area (Å²) in [6.45, 7) is 0. The number of aromatic hydroxyl groups is 1. The average Bonchev–Trinajstić information content (AvgIpc) is 2.48. The Bertz CT molecular complexity index is 741. The van der Waals surface area contributed by atoms with E-state index in [1.807, 2.05) is 0 Å². The summed E-state index contributed by atoms with van der Waals surface area (Å²) in [6.07, 6.45) is 1.37. The molecule has 112 valence electrons. The van der Waals surface area contributed by atoms with Crippen molar-refractivity contribution in [1.82, 2.24) is 5.43 Å². The van der Waals surface area contributed by atoms with Gasteiger partial charge in [-0.15, -0.1) is 0 Å². The molecule has 2 rings (SSSR count). The second-order valence-corrected chi connectivity index (χ2v) is 4.36. The molecule has 1 amide bonds. The van der Waals surface area contributed by atoms with Crippen molar-refractivity contribution in [2.45, 2.75) is 0 Å². The number of carbonyl (C=O) groups excluding carboxylic acids is 1. The Morgan fingerprint density at radius 2 is 1.95 bits per heavy atom. The maximum absolute atomic E-state index is 11.9. The van der Waals surface area contributed by atoms with Crippen molar-refractivity contribution >= 4 is 23.5 Å². The van der Waals surface area contributed by atoms with Gasteiger partial charge in [-0.25, -0.2) is 5.43 Å². The first-order valence-electron chi connectivity index (χ1n) is 6.13. The fourth-order valence-corrected chi connectivity index (χ4v) is 1.66. The Morgan fingerprint density at radius 3 is 2.59 bits per heavy atom. The van der Waals surface area contributed by atoms with Crippen LogP contribution in [0.3, 0.4) is 0 Å². The van der Waals surface area contributed by atoms with Crippen LogP contribution in [-0.2, 0) is 0 Å². The first-order valence-corrected chi connectivity index (χ1v) is 6.13. The van der Waals surface area contributed by atoms with Crippen molar-refractivity contribution in [2.24, 2.45) is 5.10 Å². The largest absolute Gasteiger partial charge is 0.508 e. The van der Waals surface area contributed by atoms with Crippen LogP contribution < -0.4 is 11.2 Å². The molecule has 4 N–H and O–H groups in total. The average molecular weight is 300 g/mol. The summed E-state index contributed by atoms with van der Waals surface area (Å²) < 4.78 is 0. The molecule has 22 heavy (non-hydrogen) atoms. The minimum Gasteiger partial charge on any atom is -0.508 e. The maximum atomic E-state index is 11.9. The molecule has 0 radical (unpaired) electrons. The molecule has 0 aromatic heterocycles. The van der Waals surface area contributed by atoms with Gasteiger partial charge in [-0.3, -0.25) is 14.9 Å². The predicted molar refractivity (Wildman–Crippen MR) is 80.7 cm³/mol. The number of phenolic OH excluding ortho intramolecular Hbond substituents is 1. The fraction of sp³-hybridized carbons (Fsp3) is 0. The number of rotatable bonds is 4. The number of nitro benzene ring substituents is 1. The van der Waals surface area contributed by atoms with Gasteiger partial charge in [0.2, 0.25) is 0 Å². The number of nitrogen functional groups attached to an aromatic ring is 1. The summed E-state index contributed by atoms with van der Waals surface area (Å²) in [6, 6.07) is 9.76. The number of carbonyl (C=O) groups is 1. The molecule has 2 aromatic carbocycles. The van der Waals surface area contributed by atoms with Gasteiger partial charge in [-0.2, -0.15) is 5.10 Å². The van der Waals surface area contributed by atoms with E-state index in [0.717, 1.165) is 12.1 Å². The number of benzene rings is 2. The van der Waals surface area contributed by atoms with E-state index in [1.165, 1.54) is 24.4 Å². The standard InChI is InChI=1S/C14H12N4O4/c15-11-5-10(6-12(7-11)18(21)22)14(20)17-16-8-9-1-3-13(19)4-2-9/h1-8,19H,15H2,(H,17,20). The van der Waals surface area contributed by atoms with Crippen molar-refractivity contribution in [2.75, 3.05) is 5.73 Å². The number of nitrogens with zero attached hydrogens (tertiary/aromatic N) is 2. The first-order chi connectivity index (χ1) is 10.5. The highest BCUT2D eigenvalue weighted by Crippen LogP contribution is 2.18. The Balaban J connectivity index is 2.09. The lowest BCUT2D eigenvalue weighted by Gasteiger charge is -2.02. The number of non-ortho nitro benzene ring substituents is 1. The lowest BCUT2D eigenvalue weighted by molar-refractivity contribution is -0.384.